The van der Waals surface area contributed by atoms with Crippen molar-refractivity contribution in [3.05, 3.63) is 0 Å². The number of rotatable bonds is 13. The van der Waals surface area contributed by atoms with Crippen LogP contribution in [-0.4, -0.2) is 212 Å². The average molecular weight is 787 g/mol. The van der Waals surface area contributed by atoms with Gasteiger partial charge in [0.25, 0.3) is 0 Å². The van der Waals surface area contributed by atoms with E-state index in [0.29, 0.717) is 0 Å². The third-order valence-electron chi connectivity index (χ3n) is 9.76. The fourth-order valence-electron chi connectivity index (χ4n) is 7.06. The smallest absolute Gasteiger partial charge is 0.217 e. The van der Waals surface area contributed by atoms with E-state index in [9.17, 15) is 60.3 Å². The Morgan fingerprint density at radius 2 is 0.852 bits per heavy atom. The molecule has 23 nitrogen and oxygen atoms in total. The molecule has 4 aliphatic heterocycles. The van der Waals surface area contributed by atoms with Gasteiger partial charge in [-0.25, -0.2) is 0 Å². The van der Waals surface area contributed by atoms with Gasteiger partial charge in [-0.2, -0.15) is 0 Å². The van der Waals surface area contributed by atoms with Gasteiger partial charge in [-0.3, -0.25) is 14.4 Å². The fraction of sp³-hybridized carbons (Fsp3) is 0.903. The second kappa shape index (κ2) is 19.3. The standard InChI is InChI=1S/C31H54N4O19/c1-9-18(33-10(2)40)23(45)26(14(6-37)48-9)53-30-20(35-12(4)42)25(47)28(16(8-39)51-30)54-31-19(34-11(3)41)24(46)27(15(7-38)50-31)52-29-17(32)22(44)21(43)13(5-36)49-29/h9,13-31,36-39,43-47H,5-8,32H2,1-4H3,(H,33,40)(H,34,41)(H,35,42)/t9-,13+,14+,15+,16+,17?,18-,19+,20+,21+,22+,23?,24?,25+,26+,27+,28+,29-,30-,31-/m0/s1. The molecule has 20 atom stereocenters. The highest BCUT2D eigenvalue weighted by molar-refractivity contribution is 5.74. The van der Waals surface area contributed by atoms with Crippen LogP contribution in [0, 0.1) is 0 Å². The van der Waals surface area contributed by atoms with Gasteiger partial charge < -0.3 is 101 Å². The van der Waals surface area contributed by atoms with Crippen LogP contribution in [0.15, 0.2) is 0 Å². The molecule has 4 heterocycles. The molecule has 4 aliphatic rings. The Kier molecular flexibility index (Phi) is 15.8. The Labute approximate surface area is 309 Å². The maximum atomic E-state index is 12.3. The van der Waals surface area contributed by atoms with Crippen molar-refractivity contribution in [3.63, 3.8) is 0 Å². The molecule has 4 fully saturated rings. The molecule has 3 amide bonds. The number of aliphatic hydroxyl groups excluding tert-OH is 9. The summed E-state index contributed by atoms with van der Waals surface area (Å²) < 4.78 is 41.0. The summed E-state index contributed by atoms with van der Waals surface area (Å²) in [6, 6.07) is -5.46. The Morgan fingerprint density at radius 1 is 0.519 bits per heavy atom. The maximum absolute atomic E-state index is 12.3. The Bertz CT molecular complexity index is 1250. The Hall–Kier alpha value is -2.27. The molecule has 0 saturated carbocycles. The lowest BCUT2D eigenvalue weighted by Gasteiger charge is -2.50. The minimum absolute atomic E-state index is 0.495. The molecule has 0 bridgehead atoms. The predicted octanol–water partition coefficient (Wildman–Crippen LogP) is -8.28. The maximum Gasteiger partial charge on any atom is 0.217 e. The van der Waals surface area contributed by atoms with E-state index in [1.165, 1.54) is 6.92 Å². The lowest BCUT2D eigenvalue weighted by molar-refractivity contribution is -0.358. The lowest BCUT2D eigenvalue weighted by Crippen LogP contribution is -2.71. The molecule has 54 heavy (non-hydrogen) atoms. The number of carbonyl (C=O) groups excluding carboxylic acids is 3. The number of hydrogen-bond donors (Lipinski definition) is 13. The first-order chi connectivity index (χ1) is 25.5. The van der Waals surface area contributed by atoms with E-state index in [0.717, 1.165) is 13.8 Å². The van der Waals surface area contributed by atoms with E-state index in [2.05, 4.69) is 16.0 Å². The molecule has 0 radical (unpaired) electrons. The largest absolute Gasteiger partial charge is 0.394 e. The highest BCUT2D eigenvalue weighted by Gasteiger charge is 2.55. The molecular formula is C31H54N4O19. The molecule has 0 spiro atoms. The molecule has 14 N–H and O–H groups in total. The first-order valence-electron chi connectivity index (χ1n) is 17.5. The number of ether oxygens (including phenoxy) is 7. The second-order valence-corrected chi connectivity index (χ2v) is 13.8. The van der Waals surface area contributed by atoms with Crippen LogP contribution in [0.2, 0.25) is 0 Å². The number of hydrogen-bond acceptors (Lipinski definition) is 20. The van der Waals surface area contributed by atoms with E-state index >= 15 is 0 Å². The van der Waals surface area contributed by atoms with Gasteiger partial charge in [0.2, 0.25) is 17.7 Å². The van der Waals surface area contributed by atoms with Gasteiger partial charge in [-0.15, -0.1) is 0 Å². The third kappa shape index (κ3) is 9.81. The molecule has 0 aromatic carbocycles. The van der Waals surface area contributed by atoms with Crippen molar-refractivity contribution in [3.8, 4) is 0 Å². The molecule has 312 valence electrons. The van der Waals surface area contributed by atoms with Gasteiger partial charge in [0.1, 0.15) is 85.3 Å². The van der Waals surface area contributed by atoms with Crippen molar-refractivity contribution >= 4 is 17.7 Å². The van der Waals surface area contributed by atoms with E-state index in [-0.39, 0.29) is 0 Å². The van der Waals surface area contributed by atoms with Crippen LogP contribution in [0.4, 0.5) is 0 Å². The van der Waals surface area contributed by atoms with Gasteiger partial charge in [0, 0.05) is 20.8 Å². The molecular weight excluding hydrogens is 732 g/mol. The summed E-state index contributed by atoms with van der Waals surface area (Å²) in [7, 11) is 0. The van der Waals surface area contributed by atoms with Crippen LogP contribution in [0.3, 0.4) is 0 Å². The first kappa shape index (κ1) is 44.4. The van der Waals surface area contributed by atoms with Gasteiger partial charge in [0.05, 0.1) is 44.6 Å². The molecule has 0 aromatic heterocycles. The number of amides is 3. The van der Waals surface area contributed by atoms with Crippen molar-refractivity contribution in [1.29, 1.82) is 0 Å². The third-order valence-corrected chi connectivity index (χ3v) is 9.76. The summed E-state index contributed by atoms with van der Waals surface area (Å²) in [5, 5.41) is 103. The summed E-state index contributed by atoms with van der Waals surface area (Å²) in [5.41, 5.74) is 5.99. The molecule has 0 aliphatic carbocycles. The molecule has 4 rings (SSSR count). The SMILES string of the molecule is CC(=O)N[C@H]1[C@H](O[C@H]2C(O)[C@@H](NC(C)=O)[C@H](C)O[C@@H]2CO)O[C@H](CO)[C@@H](O[C@@H]2O[C@H](CO)[C@@H](O[C@@H]3O[C@H](CO)[C@@H](O)[C@H](O)C3N)C(O)[C@H]2NC(C)=O)[C@@H]1O. The van der Waals surface area contributed by atoms with Crippen LogP contribution in [0.5, 0.6) is 0 Å². The zero-order chi connectivity index (χ0) is 40.2. The summed E-state index contributed by atoms with van der Waals surface area (Å²) in [5.74, 6) is -1.89. The summed E-state index contributed by atoms with van der Waals surface area (Å²) >= 11 is 0. The van der Waals surface area contributed by atoms with Gasteiger partial charge in [-0.05, 0) is 6.92 Å². The minimum Gasteiger partial charge on any atom is -0.394 e. The summed E-state index contributed by atoms with van der Waals surface area (Å²) in [4.78, 5) is 36.5. The Morgan fingerprint density at radius 3 is 1.24 bits per heavy atom. The van der Waals surface area contributed by atoms with E-state index < -0.39 is 167 Å². The molecule has 4 saturated heterocycles. The highest BCUT2D eigenvalue weighted by atomic mass is 16.8. The van der Waals surface area contributed by atoms with Crippen molar-refractivity contribution in [1.82, 2.24) is 16.0 Å². The van der Waals surface area contributed by atoms with E-state index in [1.807, 2.05) is 0 Å². The number of nitrogens with one attached hydrogen (secondary N) is 3. The monoisotopic (exact) mass is 786 g/mol. The van der Waals surface area contributed by atoms with Crippen molar-refractivity contribution < 1.29 is 93.5 Å². The van der Waals surface area contributed by atoms with Crippen molar-refractivity contribution in [2.45, 2.75) is 150 Å². The molecule has 3 unspecified atom stereocenters. The Balaban J connectivity index is 1.59. The van der Waals surface area contributed by atoms with Gasteiger partial charge in [0.15, 0.2) is 18.9 Å². The van der Waals surface area contributed by atoms with Crippen LogP contribution >= 0.6 is 0 Å². The van der Waals surface area contributed by atoms with Crippen LogP contribution in [-0.2, 0) is 47.5 Å². The fourth-order valence-corrected chi connectivity index (χ4v) is 7.06. The topological polar surface area (TPSA) is 360 Å². The summed E-state index contributed by atoms with van der Waals surface area (Å²) in [6.07, 6.45) is -24.1. The van der Waals surface area contributed by atoms with Crippen LogP contribution in [0.1, 0.15) is 27.7 Å². The van der Waals surface area contributed by atoms with E-state index in [1.54, 1.807) is 6.92 Å². The zero-order valence-corrected chi connectivity index (χ0v) is 30.1. The van der Waals surface area contributed by atoms with Crippen LogP contribution in [0.25, 0.3) is 0 Å². The summed E-state index contributed by atoms with van der Waals surface area (Å²) in [6.45, 7) is 1.90. The number of nitrogens with two attached hydrogens (primary N) is 1. The number of aliphatic hydroxyl groups is 9. The quantitative estimate of drug-likeness (QED) is 0.0824. The average Bonchev–Trinajstić information content (AvgIpc) is 3.12. The number of carbonyl (C=O) groups is 3. The first-order valence-corrected chi connectivity index (χ1v) is 17.5. The van der Waals surface area contributed by atoms with E-state index in [4.69, 9.17) is 38.9 Å². The minimum atomic E-state index is -1.82. The normalized spacial score (nSPS) is 45.7. The highest BCUT2D eigenvalue weighted by Crippen LogP contribution is 2.34. The lowest BCUT2D eigenvalue weighted by atomic mass is 9.92. The second-order valence-electron chi connectivity index (χ2n) is 13.8. The zero-order valence-electron chi connectivity index (χ0n) is 30.1. The van der Waals surface area contributed by atoms with Crippen molar-refractivity contribution in [2.24, 2.45) is 5.73 Å². The molecule has 23 heteroatoms. The van der Waals surface area contributed by atoms with Crippen LogP contribution < -0.4 is 21.7 Å². The molecule has 0 aromatic rings. The predicted molar refractivity (Wildman–Crippen MR) is 174 cm³/mol. The van der Waals surface area contributed by atoms with Crippen molar-refractivity contribution in [2.75, 3.05) is 26.4 Å². The van der Waals surface area contributed by atoms with Gasteiger partial charge in [-0.1, -0.05) is 0 Å². The van der Waals surface area contributed by atoms with Gasteiger partial charge >= 0.3 is 0 Å².